The molecule has 16 heavy (non-hydrogen) atoms. The van der Waals surface area contributed by atoms with Gasteiger partial charge in [-0.15, -0.1) is 0 Å². The highest BCUT2D eigenvalue weighted by molar-refractivity contribution is 9.10. The van der Waals surface area contributed by atoms with E-state index < -0.39 is 0 Å². The molecule has 0 saturated carbocycles. The molecule has 1 heterocycles. The third kappa shape index (κ3) is 2.31. The van der Waals surface area contributed by atoms with Gasteiger partial charge in [0.1, 0.15) is 5.82 Å². The predicted molar refractivity (Wildman–Crippen MR) is 62.4 cm³/mol. The van der Waals surface area contributed by atoms with E-state index in [-0.39, 0.29) is 5.82 Å². The summed E-state index contributed by atoms with van der Waals surface area (Å²) in [6.07, 6.45) is 1.63. The Labute approximate surface area is 101 Å². The maximum absolute atomic E-state index is 13.0. The Kier molecular flexibility index (Phi) is 3.36. The second kappa shape index (κ2) is 4.76. The van der Waals surface area contributed by atoms with Crippen molar-refractivity contribution in [3.63, 3.8) is 0 Å². The maximum Gasteiger partial charge on any atom is 0.208 e. The lowest BCUT2D eigenvalue weighted by Gasteiger charge is -1.98. The standard InChI is InChI=1S/C11H10BrFN2O/c1-14-6-11-15-5-10(16-11)7-2-3-9(13)8(12)4-7/h2-5,14H,6H2,1H3. The van der Waals surface area contributed by atoms with Crippen molar-refractivity contribution in [2.75, 3.05) is 7.05 Å². The van der Waals surface area contributed by atoms with Gasteiger partial charge < -0.3 is 9.73 Å². The summed E-state index contributed by atoms with van der Waals surface area (Å²) in [5.41, 5.74) is 0.795. The van der Waals surface area contributed by atoms with Crippen molar-refractivity contribution in [1.29, 1.82) is 0 Å². The Morgan fingerprint density at radius 1 is 1.50 bits per heavy atom. The first-order valence-electron chi connectivity index (χ1n) is 4.75. The molecular formula is C11H10BrFN2O. The number of oxazole rings is 1. The number of benzene rings is 1. The molecule has 2 aromatic rings. The molecule has 0 bridgehead atoms. The van der Waals surface area contributed by atoms with Gasteiger partial charge >= 0.3 is 0 Å². The van der Waals surface area contributed by atoms with Gasteiger partial charge in [0.25, 0.3) is 0 Å². The molecule has 0 aliphatic rings. The first-order valence-corrected chi connectivity index (χ1v) is 5.54. The molecule has 0 aliphatic heterocycles. The van der Waals surface area contributed by atoms with Gasteiger partial charge in [-0.2, -0.15) is 0 Å². The van der Waals surface area contributed by atoms with Gasteiger partial charge in [-0.05, 0) is 41.2 Å². The van der Waals surface area contributed by atoms with Crippen molar-refractivity contribution >= 4 is 15.9 Å². The molecule has 1 aromatic carbocycles. The van der Waals surface area contributed by atoms with Crippen LogP contribution in [0.15, 0.2) is 33.3 Å². The third-order valence-electron chi connectivity index (χ3n) is 2.09. The molecule has 0 unspecified atom stereocenters. The number of halogens is 2. The summed E-state index contributed by atoms with van der Waals surface area (Å²) in [6.45, 7) is 0.572. The van der Waals surface area contributed by atoms with Crippen LogP contribution in [-0.4, -0.2) is 12.0 Å². The third-order valence-corrected chi connectivity index (χ3v) is 2.69. The van der Waals surface area contributed by atoms with Crippen LogP contribution in [0.2, 0.25) is 0 Å². The molecule has 0 spiro atoms. The number of hydrogen-bond donors (Lipinski definition) is 1. The fourth-order valence-corrected chi connectivity index (χ4v) is 1.70. The summed E-state index contributed by atoms with van der Waals surface area (Å²) < 4.78 is 18.9. The second-order valence-electron chi connectivity index (χ2n) is 3.28. The molecule has 3 nitrogen and oxygen atoms in total. The Bertz CT molecular complexity index is 498. The molecule has 1 aromatic heterocycles. The first-order chi connectivity index (χ1) is 7.70. The lowest BCUT2D eigenvalue weighted by molar-refractivity contribution is 0.491. The molecule has 84 valence electrons. The van der Waals surface area contributed by atoms with Crippen LogP contribution in [0.5, 0.6) is 0 Å². The molecule has 0 radical (unpaired) electrons. The van der Waals surface area contributed by atoms with Crippen LogP contribution >= 0.6 is 15.9 Å². The van der Waals surface area contributed by atoms with Crippen LogP contribution in [-0.2, 0) is 6.54 Å². The molecule has 0 aliphatic carbocycles. The minimum absolute atomic E-state index is 0.293. The van der Waals surface area contributed by atoms with Gasteiger partial charge in [-0.25, -0.2) is 9.37 Å². The minimum Gasteiger partial charge on any atom is -0.439 e. The quantitative estimate of drug-likeness (QED) is 0.942. The average molecular weight is 285 g/mol. The molecule has 2 rings (SSSR count). The Morgan fingerprint density at radius 2 is 2.31 bits per heavy atom. The van der Waals surface area contributed by atoms with E-state index in [1.54, 1.807) is 18.3 Å². The number of rotatable bonds is 3. The van der Waals surface area contributed by atoms with Crippen LogP contribution in [0.1, 0.15) is 5.89 Å². The van der Waals surface area contributed by atoms with Crippen molar-refractivity contribution in [1.82, 2.24) is 10.3 Å². The summed E-state index contributed by atoms with van der Waals surface area (Å²) in [6, 6.07) is 4.71. The lowest BCUT2D eigenvalue weighted by atomic mass is 10.2. The normalized spacial score (nSPS) is 10.7. The highest BCUT2D eigenvalue weighted by Crippen LogP contribution is 2.25. The zero-order chi connectivity index (χ0) is 11.5. The average Bonchev–Trinajstić information content (AvgIpc) is 2.71. The van der Waals surface area contributed by atoms with E-state index in [1.807, 2.05) is 7.05 Å². The monoisotopic (exact) mass is 284 g/mol. The smallest absolute Gasteiger partial charge is 0.208 e. The highest BCUT2D eigenvalue weighted by Gasteiger charge is 2.07. The summed E-state index contributed by atoms with van der Waals surface area (Å²) in [4.78, 5) is 4.10. The van der Waals surface area contributed by atoms with E-state index in [4.69, 9.17) is 4.42 Å². The fraction of sp³-hybridized carbons (Fsp3) is 0.182. The number of hydrogen-bond acceptors (Lipinski definition) is 3. The molecule has 0 fully saturated rings. The largest absolute Gasteiger partial charge is 0.439 e. The Morgan fingerprint density at radius 3 is 3.00 bits per heavy atom. The predicted octanol–water partition coefficient (Wildman–Crippen LogP) is 2.96. The van der Waals surface area contributed by atoms with Gasteiger partial charge in [0.15, 0.2) is 5.76 Å². The number of aromatic nitrogens is 1. The van der Waals surface area contributed by atoms with Crippen molar-refractivity contribution in [2.45, 2.75) is 6.54 Å². The maximum atomic E-state index is 13.0. The zero-order valence-corrected chi connectivity index (χ0v) is 10.2. The zero-order valence-electron chi connectivity index (χ0n) is 8.63. The van der Waals surface area contributed by atoms with Gasteiger partial charge in [0.2, 0.25) is 5.89 Å². The van der Waals surface area contributed by atoms with Gasteiger partial charge in [-0.3, -0.25) is 0 Å². The molecule has 0 saturated heterocycles. The van der Waals surface area contributed by atoms with Gasteiger partial charge in [-0.1, -0.05) is 0 Å². The van der Waals surface area contributed by atoms with Gasteiger partial charge in [0.05, 0.1) is 17.2 Å². The van der Waals surface area contributed by atoms with E-state index in [1.165, 1.54) is 6.07 Å². The van der Waals surface area contributed by atoms with Crippen molar-refractivity contribution < 1.29 is 8.81 Å². The summed E-state index contributed by atoms with van der Waals surface area (Å²) in [5.74, 6) is 0.947. The van der Waals surface area contributed by atoms with E-state index in [0.29, 0.717) is 22.7 Å². The summed E-state index contributed by atoms with van der Waals surface area (Å²) in [5, 5.41) is 2.94. The molecular weight excluding hydrogens is 275 g/mol. The summed E-state index contributed by atoms with van der Waals surface area (Å²) in [7, 11) is 1.82. The second-order valence-corrected chi connectivity index (χ2v) is 4.13. The molecule has 0 atom stereocenters. The number of nitrogens with zero attached hydrogens (tertiary/aromatic N) is 1. The van der Waals surface area contributed by atoms with E-state index in [9.17, 15) is 4.39 Å². The Hall–Kier alpha value is -1.20. The van der Waals surface area contributed by atoms with E-state index >= 15 is 0 Å². The number of nitrogens with one attached hydrogen (secondary N) is 1. The van der Waals surface area contributed by atoms with Crippen LogP contribution in [0.3, 0.4) is 0 Å². The van der Waals surface area contributed by atoms with Crippen molar-refractivity contribution in [2.24, 2.45) is 0 Å². The van der Waals surface area contributed by atoms with Crippen molar-refractivity contribution in [3.8, 4) is 11.3 Å². The SMILES string of the molecule is CNCc1ncc(-c2ccc(F)c(Br)c2)o1. The van der Waals surface area contributed by atoms with Crippen LogP contribution < -0.4 is 5.32 Å². The highest BCUT2D eigenvalue weighted by atomic mass is 79.9. The van der Waals surface area contributed by atoms with Gasteiger partial charge in [0, 0.05) is 5.56 Å². The van der Waals surface area contributed by atoms with Crippen LogP contribution in [0.4, 0.5) is 4.39 Å². The minimum atomic E-state index is -0.293. The molecule has 5 heteroatoms. The molecule has 0 amide bonds. The lowest BCUT2D eigenvalue weighted by Crippen LogP contribution is -2.04. The van der Waals surface area contributed by atoms with E-state index in [2.05, 4.69) is 26.2 Å². The topological polar surface area (TPSA) is 38.1 Å². The summed E-state index contributed by atoms with van der Waals surface area (Å²) >= 11 is 3.13. The first kappa shape index (κ1) is 11.3. The van der Waals surface area contributed by atoms with Crippen LogP contribution in [0.25, 0.3) is 11.3 Å². The fourth-order valence-electron chi connectivity index (χ4n) is 1.33. The van der Waals surface area contributed by atoms with E-state index in [0.717, 1.165) is 5.56 Å². The van der Waals surface area contributed by atoms with Crippen LogP contribution in [0, 0.1) is 5.82 Å². The molecule has 1 N–H and O–H groups in total. The Balaban J connectivity index is 2.31. The van der Waals surface area contributed by atoms with Crippen molar-refractivity contribution in [3.05, 3.63) is 40.6 Å².